The fourth-order valence-corrected chi connectivity index (χ4v) is 6.89. The van der Waals surface area contributed by atoms with Crippen molar-refractivity contribution in [2.75, 3.05) is 6.61 Å². The molecule has 0 saturated heterocycles. The lowest BCUT2D eigenvalue weighted by Crippen LogP contribution is -2.45. The lowest BCUT2D eigenvalue weighted by molar-refractivity contribution is -0.123. The number of allylic oxidation sites excluding steroid dienone is 1. The minimum absolute atomic E-state index is 0.0599. The minimum atomic E-state index is -0.832. The number of hydrogen-bond acceptors (Lipinski definition) is 3. The second kappa shape index (κ2) is 40.6. The Balaban J connectivity index is 3.48. The summed E-state index contributed by atoms with van der Waals surface area (Å²) in [6, 6.07) is -0.615. The molecule has 1 amide bonds. The van der Waals surface area contributed by atoms with Crippen molar-refractivity contribution in [3.63, 3.8) is 0 Å². The van der Waals surface area contributed by atoms with Gasteiger partial charge in [-0.05, 0) is 19.3 Å². The van der Waals surface area contributed by atoms with Crippen LogP contribution in [0.5, 0.6) is 0 Å². The molecule has 0 heterocycles. The molecule has 3 N–H and O–H groups in total. The van der Waals surface area contributed by atoms with Crippen LogP contribution in [-0.4, -0.2) is 34.9 Å². The molecule has 0 spiro atoms. The van der Waals surface area contributed by atoms with Crippen LogP contribution in [0.4, 0.5) is 0 Å². The van der Waals surface area contributed by atoms with Gasteiger partial charge in [-0.25, -0.2) is 0 Å². The summed E-state index contributed by atoms with van der Waals surface area (Å²) in [4.78, 5) is 12.4. The first-order chi connectivity index (χ1) is 23.7. The van der Waals surface area contributed by atoms with Gasteiger partial charge in [-0.3, -0.25) is 4.79 Å². The Kier molecular flexibility index (Phi) is 39.8. The van der Waals surface area contributed by atoms with E-state index in [0.717, 1.165) is 25.7 Å². The van der Waals surface area contributed by atoms with Crippen LogP contribution in [0.15, 0.2) is 12.2 Å². The first-order valence-electron chi connectivity index (χ1n) is 21.9. The fraction of sp³-hybridized carbons (Fsp3) is 0.932. The Bertz CT molecular complexity index is 651. The van der Waals surface area contributed by atoms with Crippen molar-refractivity contribution in [1.82, 2.24) is 5.32 Å². The SMILES string of the molecule is CCCCCCCCCCCCCC=C[C@@H](O)[C@H](CO)NC(=O)CCCCCCCCCCCCCCCCCCCCCCCCC. The highest BCUT2D eigenvalue weighted by Gasteiger charge is 2.17. The number of nitrogens with one attached hydrogen (secondary N) is 1. The maximum absolute atomic E-state index is 12.4. The number of aliphatic hydroxyl groups is 2. The third kappa shape index (κ3) is 36.4. The molecule has 4 nitrogen and oxygen atoms in total. The molecule has 48 heavy (non-hydrogen) atoms. The molecular weight excluding hydrogens is 590 g/mol. The molecule has 0 aliphatic heterocycles. The lowest BCUT2D eigenvalue weighted by atomic mass is 10.0. The zero-order chi connectivity index (χ0) is 35.0. The predicted molar refractivity (Wildman–Crippen MR) is 212 cm³/mol. The molecule has 0 bridgehead atoms. The zero-order valence-corrected chi connectivity index (χ0v) is 32.8. The molecular formula is C44H87NO3. The van der Waals surface area contributed by atoms with E-state index in [1.165, 1.54) is 199 Å². The smallest absolute Gasteiger partial charge is 0.220 e. The molecule has 286 valence electrons. The van der Waals surface area contributed by atoms with Crippen molar-refractivity contribution in [3.05, 3.63) is 12.2 Å². The van der Waals surface area contributed by atoms with E-state index in [2.05, 4.69) is 19.2 Å². The van der Waals surface area contributed by atoms with Crippen molar-refractivity contribution in [1.29, 1.82) is 0 Å². The number of rotatable bonds is 40. The van der Waals surface area contributed by atoms with Crippen LogP contribution < -0.4 is 5.32 Å². The normalized spacial score (nSPS) is 13.0. The van der Waals surface area contributed by atoms with Gasteiger partial charge in [0.2, 0.25) is 5.91 Å². The van der Waals surface area contributed by atoms with Gasteiger partial charge >= 0.3 is 0 Å². The highest BCUT2D eigenvalue weighted by atomic mass is 16.3. The summed E-state index contributed by atoms with van der Waals surface area (Å²) in [7, 11) is 0. The molecule has 0 unspecified atom stereocenters. The van der Waals surface area contributed by atoms with Gasteiger partial charge in [0, 0.05) is 6.42 Å². The van der Waals surface area contributed by atoms with Gasteiger partial charge in [-0.1, -0.05) is 231 Å². The topological polar surface area (TPSA) is 69.6 Å². The molecule has 0 fully saturated rings. The third-order valence-electron chi connectivity index (χ3n) is 10.3. The molecule has 2 atom stereocenters. The summed E-state index contributed by atoms with van der Waals surface area (Å²) in [6.07, 6.45) is 50.4. The van der Waals surface area contributed by atoms with Crippen molar-refractivity contribution >= 4 is 5.91 Å². The van der Waals surface area contributed by atoms with E-state index < -0.39 is 12.1 Å². The lowest BCUT2D eigenvalue weighted by Gasteiger charge is -2.20. The molecule has 0 aromatic carbocycles. The standard InChI is InChI=1S/C44H87NO3/c1-3-5-7-9-11-13-15-17-18-19-20-21-22-23-24-25-26-28-30-32-34-36-38-40-44(48)45-42(41-46)43(47)39-37-35-33-31-29-27-16-14-12-10-8-6-4-2/h37,39,42-43,46-47H,3-36,38,40-41H2,1-2H3,(H,45,48)/t42-,43+/m0/s1. The molecule has 0 radical (unpaired) electrons. The zero-order valence-electron chi connectivity index (χ0n) is 32.8. The summed E-state index contributed by atoms with van der Waals surface area (Å²) in [5.41, 5.74) is 0. The molecule has 0 aromatic heterocycles. The van der Waals surface area contributed by atoms with Crippen LogP contribution in [0.1, 0.15) is 245 Å². The number of amides is 1. The summed E-state index contributed by atoms with van der Waals surface area (Å²) < 4.78 is 0. The van der Waals surface area contributed by atoms with Gasteiger partial charge in [-0.2, -0.15) is 0 Å². The monoisotopic (exact) mass is 678 g/mol. The van der Waals surface area contributed by atoms with Gasteiger partial charge in [0.15, 0.2) is 0 Å². The molecule has 0 aromatic rings. The number of hydrogen-bond donors (Lipinski definition) is 3. The maximum Gasteiger partial charge on any atom is 0.220 e. The minimum Gasteiger partial charge on any atom is -0.394 e. The predicted octanol–water partition coefficient (Wildman–Crippen LogP) is 13.5. The van der Waals surface area contributed by atoms with Crippen LogP contribution in [-0.2, 0) is 4.79 Å². The second-order valence-corrected chi connectivity index (χ2v) is 15.1. The molecule has 0 rings (SSSR count). The molecule has 0 aliphatic carbocycles. The van der Waals surface area contributed by atoms with Gasteiger partial charge < -0.3 is 15.5 Å². The maximum atomic E-state index is 12.4. The Labute approximate surface area is 301 Å². The highest BCUT2D eigenvalue weighted by Crippen LogP contribution is 2.16. The van der Waals surface area contributed by atoms with E-state index in [1.54, 1.807) is 6.08 Å². The summed E-state index contributed by atoms with van der Waals surface area (Å²) in [6.45, 7) is 4.32. The fourth-order valence-electron chi connectivity index (χ4n) is 6.89. The molecule has 4 heteroatoms. The van der Waals surface area contributed by atoms with E-state index >= 15 is 0 Å². The number of unbranched alkanes of at least 4 members (excludes halogenated alkanes) is 33. The van der Waals surface area contributed by atoms with Crippen molar-refractivity contribution in [2.24, 2.45) is 0 Å². The van der Waals surface area contributed by atoms with Crippen molar-refractivity contribution < 1.29 is 15.0 Å². The molecule has 0 aliphatic rings. The second-order valence-electron chi connectivity index (χ2n) is 15.1. The average molecular weight is 678 g/mol. The Morgan fingerprint density at radius 2 is 0.771 bits per heavy atom. The van der Waals surface area contributed by atoms with E-state index in [-0.39, 0.29) is 12.5 Å². The highest BCUT2D eigenvalue weighted by molar-refractivity contribution is 5.76. The van der Waals surface area contributed by atoms with Crippen LogP contribution in [0.3, 0.4) is 0 Å². The van der Waals surface area contributed by atoms with Crippen LogP contribution >= 0.6 is 0 Å². The van der Waals surface area contributed by atoms with Gasteiger partial charge in [-0.15, -0.1) is 0 Å². The molecule has 0 saturated carbocycles. The number of carbonyl (C=O) groups is 1. The quantitative estimate of drug-likeness (QED) is 0.0446. The van der Waals surface area contributed by atoms with Gasteiger partial charge in [0.1, 0.15) is 0 Å². The summed E-state index contributed by atoms with van der Waals surface area (Å²) >= 11 is 0. The third-order valence-corrected chi connectivity index (χ3v) is 10.3. The van der Waals surface area contributed by atoms with Gasteiger partial charge in [0.05, 0.1) is 18.8 Å². The van der Waals surface area contributed by atoms with Crippen LogP contribution in [0.2, 0.25) is 0 Å². The number of carbonyl (C=O) groups excluding carboxylic acids is 1. The van der Waals surface area contributed by atoms with E-state index in [1.807, 2.05) is 6.08 Å². The van der Waals surface area contributed by atoms with Crippen LogP contribution in [0, 0.1) is 0 Å². The van der Waals surface area contributed by atoms with Crippen molar-refractivity contribution in [2.45, 2.75) is 257 Å². The van der Waals surface area contributed by atoms with E-state index in [9.17, 15) is 15.0 Å². The number of aliphatic hydroxyl groups excluding tert-OH is 2. The van der Waals surface area contributed by atoms with E-state index in [0.29, 0.717) is 6.42 Å². The Morgan fingerprint density at radius 1 is 0.479 bits per heavy atom. The van der Waals surface area contributed by atoms with E-state index in [4.69, 9.17) is 0 Å². The Morgan fingerprint density at radius 3 is 1.08 bits per heavy atom. The van der Waals surface area contributed by atoms with Crippen molar-refractivity contribution in [3.8, 4) is 0 Å². The first kappa shape index (κ1) is 47.1. The summed E-state index contributed by atoms with van der Waals surface area (Å²) in [5, 5.41) is 23.0. The van der Waals surface area contributed by atoms with Gasteiger partial charge in [0.25, 0.3) is 0 Å². The van der Waals surface area contributed by atoms with Crippen LogP contribution in [0.25, 0.3) is 0 Å². The largest absolute Gasteiger partial charge is 0.394 e. The first-order valence-corrected chi connectivity index (χ1v) is 21.9. The average Bonchev–Trinajstić information content (AvgIpc) is 3.09. The summed E-state index contributed by atoms with van der Waals surface area (Å²) in [5.74, 6) is -0.0599. The Hall–Kier alpha value is -0.870.